The first-order valence-electron chi connectivity index (χ1n) is 10.1. The number of primary amides is 1. The van der Waals surface area contributed by atoms with Crippen molar-refractivity contribution >= 4 is 15.7 Å². The second kappa shape index (κ2) is 9.09. The van der Waals surface area contributed by atoms with Gasteiger partial charge >= 0.3 is 0 Å². The number of rotatable bonds is 8. The number of nitrogens with two attached hydrogens (primary N) is 1. The van der Waals surface area contributed by atoms with Crippen LogP contribution in [0.25, 0.3) is 0 Å². The Morgan fingerprint density at radius 2 is 1.97 bits per heavy atom. The van der Waals surface area contributed by atoms with Gasteiger partial charge in [0.25, 0.3) is 0 Å². The molecule has 2 N–H and O–H groups in total. The Morgan fingerprint density at radius 1 is 1.24 bits per heavy atom. The summed E-state index contributed by atoms with van der Waals surface area (Å²) < 4.78 is 27.7. The second-order valence-electron chi connectivity index (χ2n) is 8.26. The largest absolute Gasteiger partial charge is 0.369 e. The van der Waals surface area contributed by atoms with E-state index in [0.717, 1.165) is 30.6 Å². The van der Waals surface area contributed by atoms with Crippen molar-refractivity contribution < 1.29 is 13.2 Å². The average molecular weight is 419 g/mol. The molecular weight excluding hydrogens is 388 g/mol. The maximum absolute atomic E-state index is 12.9. The molecule has 7 nitrogen and oxygen atoms in total. The minimum absolute atomic E-state index is 0.0174. The Balaban J connectivity index is 1.91. The number of amides is 1. The molecule has 0 bridgehead atoms. The van der Waals surface area contributed by atoms with E-state index < -0.39 is 9.84 Å². The van der Waals surface area contributed by atoms with E-state index in [-0.39, 0.29) is 28.7 Å². The number of hydrogen-bond donors (Lipinski definition) is 1. The highest BCUT2D eigenvalue weighted by molar-refractivity contribution is 7.91. The van der Waals surface area contributed by atoms with Crippen molar-refractivity contribution in [2.24, 2.45) is 17.6 Å². The van der Waals surface area contributed by atoms with Crippen molar-refractivity contribution in [1.82, 2.24) is 14.5 Å². The lowest BCUT2D eigenvalue weighted by molar-refractivity contribution is -0.123. The maximum Gasteiger partial charge on any atom is 0.228 e. The van der Waals surface area contributed by atoms with Gasteiger partial charge in [-0.05, 0) is 30.9 Å². The van der Waals surface area contributed by atoms with Crippen molar-refractivity contribution in [3.63, 3.8) is 0 Å². The van der Waals surface area contributed by atoms with Gasteiger partial charge in [0.2, 0.25) is 20.9 Å². The molecule has 1 amide bonds. The molecule has 3 rings (SSSR count). The van der Waals surface area contributed by atoms with E-state index in [1.165, 1.54) is 0 Å². The quantitative estimate of drug-likeness (QED) is 0.707. The molecule has 0 saturated carbocycles. The second-order valence-corrected chi connectivity index (χ2v) is 10.2. The number of likely N-dealkylation sites (tertiary alicyclic amines) is 1. The number of carbonyl (C=O) groups excluding carboxylic acids is 1. The Kier molecular flexibility index (Phi) is 6.74. The zero-order chi connectivity index (χ0) is 21.0. The van der Waals surface area contributed by atoms with Crippen LogP contribution in [0, 0.1) is 11.8 Å². The smallest absolute Gasteiger partial charge is 0.228 e. The summed E-state index contributed by atoms with van der Waals surface area (Å²) in [5, 5.41) is 0.119. The van der Waals surface area contributed by atoms with E-state index in [2.05, 4.69) is 9.88 Å². The first kappa shape index (κ1) is 21.5. The molecule has 0 aliphatic carbocycles. The zero-order valence-electron chi connectivity index (χ0n) is 17.1. The topological polar surface area (TPSA) is 98.3 Å². The van der Waals surface area contributed by atoms with Crippen LogP contribution in [0.3, 0.4) is 0 Å². The summed E-state index contributed by atoms with van der Waals surface area (Å²) in [5.74, 6) is -0.346. The number of imidazole rings is 1. The van der Waals surface area contributed by atoms with Crippen LogP contribution < -0.4 is 5.73 Å². The predicted octanol–water partition coefficient (Wildman–Crippen LogP) is 2.06. The van der Waals surface area contributed by atoms with Gasteiger partial charge in [-0.2, -0.15) is 0 Å². The van der Waals surface area contributed by atoms with E-state index in [1.54, 1.807) is 10.8 Å². The standard InChI is InChI=1S/C21H30N4O3S/c1-16(2)15-29(27,28)21-23-11-19(25(21)12-17-7-4-3-5-8-17)14-24-10-6-9-18(13-24)20(22)26/h3-5,7-8,11,16,18H,6,9-10,12-15H2,1-2H3,(H2,22,26)/t18-/m1/s1. The number of carbonyl (C=O) groups is 1. The summed E-state index contributed by atoms with van der Waals surface area (Å²) in [5.41, 5.74) is 7.35. The van der Waals surface area contributed by atoms with E-state index >= 15 is 0 Å². The third kappa shape index (κ3) is 5.45. The highest BCUT2D eigenvalue weighted by Crippen LogP contribution is 2.22. The minimum atomic E-state index is -3.50. The van der Waals surface area contributed by atoms with Gasteiger partial charge in [0.05, 0.1) is 30.1 Å². The molecule has 1 aliphatic rings. The first-order valence-corrected chi connectivity index (χ1v) is 11.7. The molecule has 1 fully saturated rings. The zero-order valence-corrected chi connectivity index (χ0v) is 17.9. The van der Waals surface area contributed by atoms with Crippen LogP contribution >= 0.6 is 0 Å². The normalized spacial score (nSPS) is 18.2. The lowest BCUT2D eigenvalue weighted by Crippen LogP contribution is -2.41. The summed E-state index contributed by atoms with van der Waals surface area (Å²) in [6.07, 6.45) is 3.37. The Bertz CT molecular complexity index is 938. The molecule has 0 spiro atoms. The maximum atomic E-state index is 12.9. The molecule has 2 heterocycles. The molecule has 29 heavy (non-hydrogen) atoms. The van der Waals surface area contributed by atoms with E-state index in [1.807, 2.05) is 44.2 Å². The molecule has 0 radical (unpaired) electrons. The molecule has 1 aromatic heterocycles. The molecule has 1 aromatic carbocycles. The highest BCUT2D eigenvalue weighted by atomic mass is 32.2. The Morgan fingerprint density at radius 3 is 2.62 bits per heavy atom. The molecule has 1 saturated heterocycles. The van der Waals surface area contributed by atoms with Crippen LogP contribution in [0.1, 0.15) is 37.9 Å². The van der Waals surface area contributed by atoms with Gasteiger partial charge < -0.3 is 10.3 Å². The number of nitrogens with zero attached hydrogens (tertiary/aromatic N) is 3. The fraction of sp³-hybridized carbons (Fsp3) is 0.524. The summed E-state index contributed by atoms with van der Waals surface area (Å²) in [7, 11) is -3.50. The summed E-state index contributed by atoms with van der Waals surface area (Å²) in [4.78, 5) is 18.1. The third-order valence-corrected chi connectivity index (χ3v) is 7.20. The molecule has 158 valence electrons. The SMILES string of the molecule is CC(C)CS(=O)(=O)c1ncc(CN2CCC[C@@H](C(N)=O)C2)n1Cc1ccccc1. The van der Waals surface area contributed by atoms with Crippen molar-refractivity contribution in [1.29, 1.82) is 0 Å². The highest BCUT2D eigenvalue weighted by Gasteiger charge is 2.28. The summed E-state index contributed by atoms with van der Waals surface area (Å²) >= 11 is 0. The van der Waals surface area contributed by atoms with Crippen molar-refractivity contribution in [2.45, 2.75) is 44.9 Å². The van der Waals surface area contributed by atoms with Crippen molar-refractivity contribution in [3.05, 3.63) is 47.8 Å². The van der Waals surface area contributed by atoms with Gasteiger partial charge in [0, 0.05) is 13.1 Å². The average Bonchev–Trinajstić information content (AvgIpc) is 3.05. The lowest BCUT2D eigenvalue weighted by atomic mass is 9.97. The van der Waals surface area contributed by atoms with Gasteiger partial charge in [0.15, 0.2) is 0 Å². The van der Waals surface area contributed by atoms with Crippen LogP contribution in [0.4, 0.5) is 0 Å². The van der Waals surface area contributed by atoms with Gasteiger partial charge in [-0.1, -0.05) is 44.2 Å². The van der Waals surface area contributed by atoms with E-state index in [4.69, 9.17) is 5.73 Å². The first-order chi connectivity index (χ1) is 13.8. The number of aromatic nitrogens is 2. The van der Waals surface area contributed by atoms with Gasteiger partial charge in [-0.25, -0.2) is 13.4 Å². The molecule has 1 aliphatic heterocycles. The molecule has 1 atom stereocenters. The molecule has 8 heteroatoms. The van der Waals surface area contributed by atoms with Crippen molar-refractivity contribution in [2.75, 3.05) is 18.8 Å². The van der Waals surface area contributed by atoms with E-state index in [0.29, 0.717) is 19.6 Å². The number of hydrogen-bond acceptors (Lipinski definition) is 5. The van der Waals surface area contributed by atoms with E-state index in [9.17, 15) is 13.2 Å². The molecule has 2 aromatic rings. The number of sulfone groups is 1. The fourth-order valence-corrected chi connectivity index (χ4v) is 5.63. The van der Waals surface area contributed by atoms with Crippen LogP contribution in [-0.2, 0) is 27.7 Å². The van der Waals surface area contributed by atoms with Crippen LogP contribution in [0.15, 0.2) is 41.7 Å². The van der Waals surface area contributed by atoms with Gasteiger partial charge in [0.1, 0.15) is 0 Å². The van der Waals surface area contributed by atoms with Crippen LogP contribution in [0.2, 0.25) is 0 Å². The molecular formula is C21H30N4O3S. The van der Waals surface area contributed by atoms with Crippen LogP contribution in [0.5, 0.6) is 0 Å². The molecule has 0 unspecified atom stereocenters. The number of piperidine rings is 1. The van der Waals surface area contributed by atoms with Crippen LogP contribution in [-0.4, -0.2) is 47.6 Å². The van der Waals surface area contributed by atoms with Gasteiger partial charge in [-0.3, -0.25) is 9.69 Å². The van der Waals surface area contributed by atoms with Crippen molar-refractivity contribution in [3.8, 4) is 0 Å². The predicted molar refractivity (Wildman–Crippen MR) is 112 cm³/mol. The number of benzene rings is 1. The van der Waals surface area contributed by atoms with Gasteiger partial charge in [-0.15, -0.1) is 0 Å². The summed E-state index contributed by atoms with van der Waals surface area (Å²) in [6.45, 7) is 6.21. The Hall–Kier alpha value is -2.19. The fourth-order valence-electron chi connectivity index (χ4n) is 3.88. The monoisotopic (exact) mass is 418 g/mol. The third-order valence-electron chi connectivity index (χ3n) is 5.21. The Labute approximate surface area is 172 Å². The summed E-state index contributed by atoms with van der Waals surface area (Å²) in [6, 6.07) is 9.78. The lowest BCUT2D eigenvalue weighted by Gasteiger charge is -2.31. The minimum Gasteiger partial charge on any atom is -0.369 e.